The van der Waals surface area contributed by atoms with Gasteiger partial charge < -0.3 is 29.7 Å². The number of esters is 1. The molecule has 3 amide bonds. The minimum Gasteiger partial charge on any atom is -0.493 e. The Morgan fingerprint density at radius 3 is 2.50 bits per heavy atom. The summed E-state index contributed by atoms with van der Waals surface area (Å²) >= 11 is 0. The van der Waals surface area contributed by atoms with Crippen LogP contribution in [-0.4, -0.2) is 68.0 Å². The van der Waals surface area contributed by atoms with Gasteiger partial charge in [0.2, 0.25) is 11.8 Å². The molecule has 0 aliphatic carbocycles. The number of nitrogens with one attached hydrogen (secondary N) is 2. The van der Waals surface area contributed by atoms with E-state index in [0.29, 0.717) is 17.1 Å². The molecule has 0 aromatic heterocycles. The number of piperazine rings is 1. The summed E-state index contributed by atoms with van der Waals surface area (Å²) in [5.41, 5.74) is 0.527. The zero-order valence-corrected chi connectivity index (χ0v) is 18.9. The van der Waals surface area contributed by atoms with Crippen molar-refractivity contribution < 1.29 is 33.4 Å². The maximum Gasteiger partial charge on any atom is 0.308 e. The number of nitrogens with zero attached hydrogens (tertiary/aromatic N) is 1. The molecule has 1 heterocycles. The van der Waals surface area contributed by atoms with E-state index in [1.54, 1.807) is 32.0 Å². The topological polar surface area (TPSA) is 123 Å². The predicted molar refractivity (Wildman–Crippen MR) is 116 cm³/mol. The Labute approximate surface area is 186 Å². The summed E-state index contributed by atoms with van der Waals surface area (Å²) in [5.74, 6) is -1.14. The zero-order chi connectivity index (χ0) is 23.8. The average Bonchev–Trinajstić information content (AvgIpc) is 2.73. The van der Waals surface area contributed by atoms with Crippen LogP contribution in [0.4, 0.5) is 0 Å². The van der Waals surface area contributed by atoms with E-state index in [0.717, 1.165) is 0 Å². The third-order valence-corrected chi connectivity index (χ3v) is 4.58. The lowest BCUT2D eigenvalue weighted by Gasteiger charge is -2.35. The molecule has 1 aromatic rings. The lowest BCUT2D eigenvalue weighted by Crippen LogP contribution is -2.59. The number of ether oxygens (including phenoxy) is 3. The van der Waals surface area contributed by atoms with Gasteiger partial charge in [-0.25, -0.2) is 0 Å². The second-order valence-corrected chi connectivity index (χ2v) is 7.40. The first-order valence-corrected chi connectivity index (χ1v) is 10.2. The smallest absolute Gasteiger partial charge is 0.308 e. The van der Waals surface area contributed by atoms with Gasteiger partial charge in [0, 0.05) is 20.0 Å². The first-order valence-electron chi connectivity index (χ1n) is 10.2. The molecule has 1 fully saturated rings. The first kappa shape index (κ1) is 24.7. The minimum absolute atomic E-state index is 0.0401. The molecule has 2 rings (SSSR count). The number of hydrogen-bond acceptors (Lipinski definition) is 7. The summed E-state index contributed by atoms with van der Waals surface area (Å²) in [7, 11) is 2.99. The Hall–Kier alpha value is -3.56. The van der Waals surface area contributed by atoms with Gasteiger partial charge in [-0.1, -0.05) is 6.07 Å². The van der Waals surface area contributed by atoms with Crippen molar-refractivity contribution in [3.8, 4) is 11.5 Å². The highest BCUT2D eigenvalue weighted by molar-refractivity contribution is 6.03. The molecule has 10 heteroatoms. The number of amides is 3. The van der Waals surface area contributed by atoms with Gasteiger partial charge in [-0.05, 0) is 37.6 Å². The van der Waals surface area contributed by atoms with Crippen molar-refractivity contribution in [2.45, 2.75) is 39.3 Å². The second-order valence-electron chi connectivity index (χ2n) is 7.40. The summed E-state index contributed by atoms with van der Waals surface area (Å²) in [6.07, 6.45) is 0.833. The first-order chi connectivity index (χ1) is 15.2. The molecule has 2 N–H and O–H groups in total. The van der Waals surface area contributed by atoms with Crippen molar-refractivity contribution in [1.82, 2.24) is 15.5 Å². The highest BCUT2D eigenvalue weighted by atomic mass is 16.5. The Bertz CT molecular complexity index is 911. The quantitative estimate of drug-likeness (QED) is 0.447. The van der Waals surface area contributed by atoms with Crippen molar-refractivity contribution in [3.63, 3.8) is 0 Å². The fraction of sp³-hybridized carbons (Fsp3) is 0.455. The summed E-state index contributed by atoms with van der Waals surface area (Å²) in [5, 5.41) is 5.18. The van der Waals surface area contributed by atoms with Gasteiger partial charge in [-0.15, -0.1) is 0 Å². The summed E-state index contributed by atoms with van der Waals surface area (Å²) in [6.45, 7) is 5.07. The highest BCUT2D eigenvalue weighted by Crippen LogP contribution is 2.28. The monoisotopic (exact) mass is 447 g/mol. The van der Waals surface area contributed by atoms with Crippen molar-refractivity contribution in [1.29, 1.82) is 0 Å². The molecular weight excluding hydrogens is 418 g/mol. The van der Waals surface area contributed by atoms with Crippen molar-refractivity contribution in [3.05, 3.63) is 29.5 Å². The van der Waals surface area contributed by atoms with E-state index in [2.05, 4.69) is 10.6 Å². The Balaban J connectivity index is 2.37. The van der Waals surface area contributed by atoms with Gasteiger partial charge in [0.05, 0.1) is 26.7 Å². The summed E-state index contributed by atoms with van der Waals surface area (Å²) in [6, 6.07) is 3.95. The van der Waals surface area contributed by atoms with Gasteiger partial charge in [0.1, 0.15) is 11.7 Å². The molecule has 0 bridgehead atoms. The van der Waals surface area contributed by atoms with Crippen LogP contribution < -0.4 is 20.1 Å². The molecule has 1 aliphatic heterocycles. The van der Waals surface area contributed by atoms with E-state index in [-0.39, 0.29) is 31.3 Å². The number of hydrogen-bond donors (Lipinski definition) is 2. The van der Waals surface area contributed by atoms with Gasteiger partial charge in [-0.2, -0.15) is 0 Å². The van der Waals surface area contributed by atoms with Crippen LogP contribution in [0.25, 0.3) is 6.08 Å². The zero-order valence-electron chi connectivity index (χ0n) is 18.9. The van der Waals surface area contributed by atoms with Crippen LogP contribution in [0.1, 0.15) is 32.8 Å². The van der Waals surface area contributed by atoms with Crippen LogP contribution in [0.5, 0.6) is 11.5 Å². The molecular formula is C22H29N3O7. The van der Waals surface area contributed by atoms with Crippen LogP contribution in [0, 0.1) is 0 Å². The van der Waals surface area contributed by atoms with E-state index < -0.39 is 29.7 Å². The van der Waals surface area contributed by atoms with Crippen LogP contribution >= 0.6 is 0 Å². The van der Waals surface area contributed by atoms with Crippen LogP contribution in [0.3, 0.4) is 0 Å². The van der Waals surface area contributed by atoms with Crippen LogP contribution in [0.2, 0.25) is 0 Å². The number of carbonyl (C=O) groups excluding carboxylic acids is 4. The number of carbonyl (C=O) groups is 4. The largest absolute Gasteiger partial charge is 0.493 e. The molecule has 32 heavy (non-hydrogen) atoms. The minimum atomic E-state index is -1.05. The molecule has 1 saturated heterocycles. The van der Waals surface area contributed by atoms with Gasteiger partial charge in [-0.3, -0.25) is 19.2 Å². The van der Waals surface area contributed by atoms with Crippen molar-refractivity contribution in [2.24, 2.45) is 0 Å². The number of benzene rings is 1. The SMILES string of the molecule is COc1ccc(/C=C(\NC(C)=O)C(=O)N2CCNC(=O)C2CC(=O)OC(C)C)cc1OC. The van der Waals surface area contributed by atoms with Crippen LogP contribution in [-0.2, 0) is 23.9 Å². The standard InChI is InChI=1S/C22H29N3O7/c1-13(2)32-20(27)12-17-21(28)23-8-9-25(17)22(29)16(24-14(3)26)10-15-6-7-18(30-4)19(11-15)31-5/h6-7,10-11,13,17H,8-9,12H2,1-5H3,(H,23,28)(H,24,26)/b16-10-. The molecule has 0 spiro atoms. The molecule has 0 radical (unpaired) electrons. The van der Waals surface area contributed by atoms with E-state index in [9.17, 15) is 19.2 Å². The fourth-order valence-electron chi connectivity index (χ4n) is 3.23. The van der Waals surface area contributed by atoms with E-state index in [1.807, 2.05) is 0 Å². The fourth-order valence-corrected chi connectivity index (χ4v) is 3.23. The molecule has 1 aromatic carbocycles. The molecule has 1 atom stereocenters. The molecule has 1 aliphatic rings. The number of rotatable bonds is 8. The normalized spacial score (nSPS) is 16.3. The second kappa shape index (κ2) is 11.2. The third kappa shape index (κ3) is 6.47. The molecule has 0 saturated carbocycles. The van der Waals surface area contributed by atoms with E-state index in [1.165, 1.54) is 32.1 Å². The Morgan fingerprint density at radius 1 is 1.22 bits per heavy atom. The lowest BCUT2D eigenvalue weighted by atomic mass is 10.1. The molecule has 10 nitrogen and oxygen atoms in total. The van der Waals surface area contributed by atoms with Crippen molar-refractivity contribution in [2.75, 3.05) is 27.3 Å². The summed E-state index contributed by atoms with van der Waals surface area (Å²) < 4.78 is 15.6. The third-order valence-electron chi connectivity index (χ3n) is 4.58. The summed E-state index contributed by atoms with van der Waals surface area (Å²) in [4.78, 5) is 51.0. The van der Waals surface area contributed by atoms with Gasteiger partial charge in [0.25, 0.3) is 5.91 Å². The van der Waals surface area contributed by atoms with Gasteiger partial charge in [0.15, 0.2) is 11.5 Å². The van der Waals surface area contributed by atoms with Gasteiger partial charge >= 0.3 is 5.97 Å². The van der Waals surface area contributed by atoms with Crippen molar-refractivity contribution >= 4 is 29.8 Å². The Kier molecular flexibility index (Phi) is 8.62. The maximum atomic E-state index is 13.3. The van der Waals surface area contributed by atoms with E-state index in [4.69, 9.17) is 14.2 Å². The average molecular weight is 447 g/mol. The molecule has 1 unspecified atom stereocenters. The lowest BCUT2D eigenvalue weighted by molar-refractivity contribution is -0.153. The van der Waals surface area contributed by atoms with Crippen LogP contribution in [0.15, 0.2) is 23.9 Å². The Morgan fingerprint density at radius 2 is 1.91 bits per heavy atom. The maximum absolute atomic E-state index is 13.3. The highest BCUT2D eigenvalue weighted by Gasteiger charge is 2.36. The van der Waals surface area contributed by atoms with E-state index >= 15 is 0 Å². The molecule has 174 valence electrons. The predicted octanol–water partition coefficient (Wildman–Crippen LogP) is 0.850. The number of methoxy groups -OCH3 is 2.